The lowest BCUT2D eigenvalue weighted by molar-refractivity contribution is 0.475. The van der Waals surface area contributed by atoms with Gasteiger partial charge in [0.15, 0.2) is 0 Å². The molecule has 0 aliphatic rings. The zero-order chi connectivity index (χ0) is 15.4. The minimum absolute atomic E-state index is 0.198. The smallest absolute Gasteiger partial charge is 0.123 e. The molecule has 22 heavy (non-hydrogen) atoms. The molecule has 2 heteroatoms. The minimum Gasteiger partial charge on any atom is -0.507 e. The van der Waals surface area contributed by atoms with E-state index in [4.69, 9.17) is 0 Å². The van der Waals surface area contributed by atoms with E-state index < -0.39 is 0 Å². The average molecular weight is 288 g/mol. The molecule has 0 radical (unpaired) electrons. The van der Waals surface area contributed by atoms with Crippen LogP contribution in [0.25, 0.3) is 21.5 Å². The summed E-state index contributed by atoms with van der Waals surface area (Å²) in [5.74, 6) is 0.395. The Labute approximate surface area is 128 Å². The summed E-state index contributed by atoms with van der Waals surface area (Å²) in [6.07, 6.45) is 0. The van der Waals surface area contributed by atoms with Crippen molar-refractivity contribution in [1.82, 2.24) is 0 Å². The van der Waals surface area contributed by atoms with Crippen LogP contribution in [-0.2, 0) is 0 Å². The monoisotopic (exact) mass is 288 g/mol. The Morgan fingerprint density at radius 3 is 1.14 bits per heavy atom. The van der Waals surface area contributed by atoms with Crippen molar-refractivity contribution in [3.05, 3.63) is 84.9 Å². The molecule has 0 aliphatic carbocycles. The van der Waals surface area contributed by atoms with Gasteiger partial charge in [0.25, 0.3) is 0 Å². The molecule has 0 saturated heterocycles. The fourth-order valence-electron chi connectivity index (χ4n) is 2.41. The van der Waals surface area contributed by atoms with Crippen LogP contribution in [0.2, 0.25) is 0 Å². The van der Waals surface area contributed by atoms with E-state index in [1.807, 2.05) is 0 Å². The summed E-state index contributed by atoms with van der Waals surface area (Å²) in [7, 11) is 0. The van der Waals surface area contributed by atoms with Crippen molar-refractivity contribution in [2.75, 3.05) is 0 Å². The normalized spacial score (nSPS) is 10.2. The molecule has 0 unspecified atom stereocenters. The second-order valence-electron chi connectivity index (χ2n) is 5.00. The first kappa shape index (κ1) is 14.0. The van der Waals surface area contributed by atoms with E-state index >= 15 is 0 Å². The van der Waals surface area contributed by atoms with Crippen molar-refractivity contribution >= 4 is 21.5 Å². The van der Waals surface area contributed by atoms with E-state index in [1.54, 1.807) is 36.4 Å². The van der Waals surface area contributed by atoms with Crippen LogP contribution in [0.1, 0.15) is 0 Å². The number of phenolic OH excluding ortho intramolecular Hbond substituents is 2. The first-order valence-electron chi connectivity index (χ1n) is 7.09. The Kier molecular flexibility index (Phi) is 3.92. The Morgan fingerprint density at radius 2 is 0.773 bits per heavy atom. The van der Waals surface area contributed by atoms with E-state index in [2.05, 4.69) is 48.5 Å². The van der Waals surface area contributed by atoms with E-state index in [0.29, 0.717) is 10.8 Å². The maximum atomic E-state index is 9.38. The number of aromatic hydroxyl groups is 2. The van der Waals surface area contributed by atoms with Gasteiger partial charge in [-0.25, -0.2) is 0 Å². The maximum absolute atomic E-state index is 9.38. The predicted molar refractivity (Wildman–Crippen MR) is 91.2 cm³/mol. The highest BCUT2D eigenvalue weighted by molar-refractivity contribution is 5.92. The summed E-state index contributed by atoms with van der Waals surface area (Å²) in [4.78, 5) is 0. The number of hydrogen-bond donors (Lipinski definition) is 2. The van der Waals surface area contributed by atoms with Crippen LogP contribution in [0.4, 0.5) is 0 Å². The molecule has 4 rings (SSSR count). The second-order valence-corrected chi connectivity index (χ2v) is 5.00. The van der Waals surface area contributed by atoms with Crippen LogP contribution in [-0.4, -0.2) is 10.2 Å². The lowest BCUT2D eigenvalue weighted by atomic mass is 10.1. The van der Waals surface area contributed by atoms with E-state index in [0.717, 1.165) is 0 Å². The summed E-state index contributed by atoms with van der Waals surface area (Å²) in [5, 5.41) is 22.7. The maximum Gasteiger partial charge on any atom is 0.123 e. The van der Waals surface area contributed by atoms with Crippen molar-refractivity contribution in [3.63, 3.8) is 0 Å². The highest BCUT2D eigenvalue weighted by atomic mass is 16.3. The number of hydrogen-bond acceptors (Lipinski definition) is 2. The van der Waals surface area contributed by atoms with Crippen LogP contribution >= 0.6 is 0 Å². The molecule has 0 aliphatic heterocycles. The Bertz CT molecular complexity index is 807. The standard InChI is InChI=1S/C10H8O2.C10H8/c11-9-5-1-3-7-8(9)4-2-6-10(7)12;1-2-6-10-8-4-3-7-9(10)5-1/h1-6,11-12H;1-8H. The van der Waals surface area contributed by atoms with E-state index in [1.165, 1.54) is 10.8 Å². The van der Waals surface area contributed by atoms with Crippen molar-refractivity contribution in [3.8, 4) is 11.5 Å². The van der Waals surface area contributed by atoms with Crippen LogP contribution < -0.4 is 0 Å². The van der Waals surface area contributed by atoms with Gasteiger partial charge in [-0.15, -0.1) is 0 Å². The van der Waals surface area contributed by atoms with Crippen LogP contribution in [0, 0.1) is 0 Å². The third-order valence-corrected chi connectivity index (χ3v) is 3.53. The molecule has 0 bridgehead atoms. The number of fused-ring (bicyclic) bond motifs is 2. The zero-order valence-corrected chi connectivity index (χ0v) is 12.0. The van der Waals surface area contributed by atoms with Gasteiger partial charge in [0, 0.05) is 10.8 Å². The minimum atomic E-state index is 0.198. The summed E-state index contributed by atoms with van der Waals surface area (Å²) >= 11 is 0. The summed E-state index contributed by atoms with van der Waals surface area (Å²) < 4.78 is 0. The summed E-state index contributed by atoms with van der Waals surface area (Å²) in [6, 6.07) is 26.9. The van der Waals surface area contributed by atoms with Crippen molar-refractivity contribution in [2.24, 2.45) is 0 Å². The van der Waals surface area contributed by atoms with Crippen molar-refractivity contribution < 1.29 is 10.2 Å². The van der Waals surface area contributed by atoms with Crippen LogP contribution in [0.15, 0.2) is 84.9 Å². The molecule has 0 heterocycles. The van der Waals surface area contributed by atoms with E-state index in [-0.39, 0.29) is 11.5 Å². The molecule has 108 valence electrons. The van der Waals surface area contributed by atoms with Crippen LogP contribution in [0.3, 0.4) is 0 Å². The quantitative estimate of drug-likeness (QED) is 0.473. The topological polar surface area (TPSA) is 40.5 Å². The molecule has 4 aromatic carbocycles. The molecular formula is C20H16O2. The fourth-order valence-corrected chi connectivity index (χ4v) is 2.41. The molecule has 4 aromatic rings. The number of rotatable bonds is 0. The predicted octanol–water partition coefficient (Wildman–Crippen LogP) is 5.09. The van der Waals surface area contributed by atoms with Crippen molar-refractivity contribution in [1.29, 1.82) is 0 Å². The zero-order valence-electron chi connectivity index (χ0n) is 12.0. The van der Waals surface area contributed by atoms with Gasteiger partial charge in [0.05, 0.1) is 0 Å². The van der Waals surface area contributed by atoms with Gasteiger partial charge in [-0.2, -0.15) is 0 Å². The lowest BCUT2D eigenvalue weighted by Gasteiger charge is -2.01. The SMILES string of the molecule is Oc1cccc2c(O)cccc12.c1ccc2ccccc2c1. The third kappa shape index (κ3) is 2.86. The summed E-state index contributed by atoms with van der Waals surface area (Å²) in [5.41, 5.74) is 0. The van der Waals surface area contributed by atoms with Gasteiger partial charge in [0.1, 0.15) is 11.5 Å². The van der Waals surface area contributed by atoms with Gasteiger partial charge in [-0.3, -0.25) is 0 Å². The van der Waals surface area contributed by atoms with Crippen LogP contribution in [0.5, 0.6) is 11.5 Å². The van der Waals surface area contributed by atoms with Gasteiger partial charge in [-0.1, -0.05) is 72.8 Å². The van der Waals surface area contributed by atoms with Crippen molar-refractivity contribution in [2.45, 2.75) is 0 Å². The Morgan fingerprint density at radius 1 is 0.409 bits per heavy atom. The van der Waals surface area contributed by atoms with Gasteiger partial charge in [-0.05, 0) is 22.9 Å². The molecule has 0 aromatic heterocycles. The molecule has 0 spiro atoms. The molecular weight excluding hydrogens is 272 g/mol. The lowest BCUT2D eigenvalue weighted by Crippen LogP contribution is -1.73. The molecule has 0 atom stereocenters. The fraction of sp³-hybridized carbons (Fsp3) is 0. The molecule has 0 fully saturated rings. The van der Waals surface area contributed by atoms with Gasteiger partial charge < -0.3 is 10.2 Å². The third-order valence-electron chi connectivity index (χ3n) is 3.53. The molecule has 0 saturated carbocycles. The average Bonchev–Trinajstić information content (AvgIpc) is 2.57. The number of benzene rings is 4. The summed E-state index contributed by atoms with van der Waals surface area (Å²) in [6.45, 7) is 0. The molecule has 2 nitrogen and oxygen atoms in total. The largest absolute Gasteiger partial charge is 0.507 e. The number of phenols is 2. The van der Waals surface area contributed by atoms with Gasteiger partial charge >= 0.3 is 0 Å². The Balaban J connectivity index is 0.000000133. The Hall–Kier alpha value is -3.00. The first-order chi connectivity index (χ1) is 10.8. The first-order valence-corrected chi connectivity index (χ1v) is 7.09. The van der Waals surface area contributed by atoms with E-state index in [9.17, 15) is 10.2 Å². The highest BCUT2D eigenvalue weighted by Crippen LogP contribution is 2.29. The highest BCUT2D eigenvalue weighted by Gasteiger charge is 2.00. The second kappa shape index (κ2) is 6.19. The van der Waals surface area contributed by atoms with Gasteiger partial charge in [0.2, 0.25) is 0 Å². The molecule has 2 N–H and O–H groups in total. The molecule has 0 amide bonds.